The number of likely N-dealkylation sites (tertiary alicyclic amines) is 1. The van der Waals surface area contributed by atoms with Crippen molar-refractivity contribution in [3.05, 3.63) is 71.7 Å². The summed E-state index contributed by atoms with van der Waals surface area (Å²) in [6.07, 6.45) is 7.95. The molecule has 196 valence electrons. The number of nitrogens with one attached hydrogen (secondary N) is 2. The van der Waals surface area contributed by atoms with E-state index in [1.807, 2.05) is 24.5 Å². The van der Waals surface area contributed by atoms with E-state index in [1.54, 1.807) is 6.20 Å². The van der Waals surface area contributed by atoms with Gasteiger partial charge in [-0.15, -0.1) is 11.3 Å². The van der Waals surface area contributed by atoms with Gasteiger partial charge >= 0.3 is 0 Å². The van der Waals surface area contributed by atoms with Gasteiger partial charge in [0.25, 0.3) is 0 Å². The van der Waals surface area contributed by atoms with Gasteiger partial charge in [0, 0.05) is 56.8 Å². The average molecular weight is 539 g/mol. The van der Waals surface area contributed by atoms with Crippen molar-refractivity contribution < 1.29 is 9.13 Å². The van der Waals surface area contributed by atoms with Crippen molar-refractivity contribution in [2.24, 2.45) is 0 Å². The zero-order valence-corrected chi connectivity index (χ0v) is 22.3. The summed E-state index contributed by atoms with van der Waals surface area (Å²) in [4.78, 5) is 15.9. The summed E-state index contributed by atoms with van der Waals surface area (Å²) < 4.78 is 19.8. The van der Waals surface area contributed by atoms with Crippen LogP contribution < -0.4 is 4.74 Å². The summed E-state index contributed by atoms with van der Waals surface area (Å²) in [5, 5.41) is 9.38. The van der Waals surface area contributed by atoms with Crippen LogP contribution in [0.4, 0.5) is 4.39 Å². The fourth-order valence-electron chi connectivity index (χ4n) is 5.39. The third kappa shape index (κ3) is 4.57. The van der Waals surface area contributed by atoms with Gasteiger partial charge in [-0.2, -0.15) is 9.49 Å². The van der Waals surface area contributed by atoms with Crippen LogP contribution in [0.3, 0.4) is 0 Å². The molecule has 7 nitrogen and oxygen atoms in total. The predicted octanol–water partition coefficient (Wildman–Crippen LogP) is 6.82. The number of rotatable bonds is 7. The van der Waals surface area contributed by atoms with Gasteiger partial charge in [0.1, 0.15) is 12.4 Å². The van der Waals surface area contributed by atoms with Gasteiger partial charge in [-0.1, -0.05) is 12.1 Å². The summed E-state index contributed by atoms with van der Waals surface area (Å²) >= 11 is 1.15. The number of hydrogen-bond acceptors (Lipinski definition) is 6. The van der Waals surface area contributed by atoms with E-state index in [4.69, 9.17) is 4.74 Å². The molecule has 0 radical (unpaired) electrons. The van der Waals surface area contributed by atoms with Crippen molar-refractivity contribution >= 4 is 33.3 Å². The lowest BCUT2D eigenvalue weighted by atomic mass is 10.0. The lowest BCUT2D eigenvalue weighted by Gasteiger charge is -2.15. The first-order chi connectivity index (χ1) is 19.1. The molecule has 0 saturated carbocycles. The molecule has 0 unspecified atom stereocenters. The smallest absolute Gasteiger partial charge is 0.181 e. The first-order valence-corrected chi connectivity index (χ1v) is 14.0. The molecule has 2 N–H and O–H groups in total. The number of benzene rings is 1. The van der Waals surface area contributed by atoms with E-state index in [2.05, 4.69) is 61.2 Å². The normalized spacial score (nSPS) is 14.1. The number of thiophene rings is 1. The molecule has 7 rings (SSSR count). The maximum Gasteiger partial charge on any atom is 0.181 e. The minimum Gasteiger partial charge on any atom is -0.491 e. The molecule has 0 bridgehead atoms. The number of ether oxygens (including phenoxy) is 1. The second-order valence-corrected chi connectivity index (χ2v) is 11.0. The van der Waals surface area contributed by atoms with E-state index in [1.165, 1.54) is 18.9 Å². The second kappa shape index (κ2) is 9.91. The van der Waals surface area contributed by atoms with E-state index in [9.17, 15) is 4.39 Å². The van der Waals surface area contributed by atoms with E-state index >= 15 is 0 Å². The standard InChI is InChI=1S/C30H27FN6OS/c1-18-4-5-22(26-6-7-27(31)39-26)23-14-25(34-28(18)23)29-24-13-20(16-33-30(24)36-35-29)19-12-21(17-32-15-19)38-11-10-37-8-2-3-9-37/h4-7,12-17,34H,2-3,8-11H2,1H3,(H,33,35,36). The molecule has 5 aromatic heterocycles. The van der Waals surface area contributed by atoms with Crippen LogP contribution in [0.25, 0.3) is 54.9 Å². The molecule has 0 amide bonds. The molecule has 1 aliphatic heterocycles. The first kappa shape index (κ1) is 24.0. The third-order valence-electron chi connectivity index (χ3n) is 7.44. The van der Waals surface area contributed by atoms with Crippen molar-refractivity contribution in [3.63, 3.8) is 0 Å². The quantitative estimate of drug-likeness (QED) is 0.233. The number of nitrogens with zero attached hydrogens (tertiary/aromatic N) is 4. The molecule has 1 saturated heterocycles. The van der Waals surface area contributed by atoms with Crippen LogP contribution in [0.15, 0.2) is 61.1 Å². The Balaban J connectivity index is 1.22. The molecule has 1 fully saturated rings. The minimum absolute atomic E-state index is 0.191. The molecule has 6 heterocycles. The minimum atomic E-state index is -0.191. The van der Waals surface area contributed by atoms with Gasteiger partial charge in [-0.05, 0) is 68.8 Å². The number of hydrogen-bond donors (Lipinski definition) is 2. The van der Waals surface area contributed by atoms with Crippen LogP contribution in [0.2, 0.25) is 0 Å². The topological polar surface area (TPSA) is 82.7 Å². The highest BCUT2D eigenvalue weighted by atomic mass is 32.1. The highest BCUT2D eigenvalue weighted by Gasteiger charge is 2.17. The Morgan fingerprint density at radius 3 is 2.72 bits per heavy atom. The summed E-state index contributed by atoms with van der Waals surface area (Å²) in [5.41, 5.74) is 7.39. The van der Waals surface area contributed by atoms with Crippen LogP contribution in [-0.2, 0) is 0 Å². The van der Waals surface area contributed by atoms with Crippen molar-refractivity contribution in [1.82, 2.24) is 30.0 Å². The third-order valence-corrected chi connectivity index (χ3v) is 8.35. The maximum absolute atomic E-state index is 13.8. The molecule has 0 atom stereocenters. The highest BCUT2D eigenvalue weighted by molar-refractivity contribution is 7.14. The Morgan fingerprint density at radius 2 is 1.87 bits per heavy atom. The van der Waals surface area contributed by atoms with E-state index in [-0.39, 0.29) is 5.13 Å². The number of aryl methyl sites for hydroxylation is 1. The molecular weight excluding hydrogens is 511 g/mol. The fourth-order valence-corrected chi connectivity index (χ4v) is 6.16. The van der Waals surface area contributed by atoms with E-state index in [0.717, 1.165) is 91.5 Å². The average Bonchev–Trinajstić information content (AvgIpc) is 3.75. The zero-order valence-electron chi connectivity index (χ0n) is 21.5. The summed E-state index contributed by atoms with van der Waals surface area (Å²) in [7, 11) is 0. The number of aromatic nitrogens is 5. The molecule has 1 aromatic carbocycles. The molecule has 1 aliphatic rings. The number of aromatic amines is 2. The van der Waals surface area contributed by atoms with Gasteiger partial charge in [-0.3, -0.25) is 15.0 Å². The van der Waals surface area contributed by atoms with Crippen molar-refractivity contribution in [3.8, 4) is 38.7 Å². The van der Waals surface area contributed by atoms with Gasteiger partial charge < -0.3 is 9.72 Å². The molecule has 9 heteroatoms. The first-order valence-electron chi connectivity index (χ1n) is 13.2. The molecule has 39 heavy (non-hydrogen) atoms. The van der Waals surface area contributed by atoms with Crippen molar-refractivity contribution in [2.75, 3.05) is 26.2 Å². The van der Waals surface area contributed by atoms with Gasteiger partial charge in [-0.25, -0.2) is 4.98 Å². The zero-order chi connectivity index (χ0) is 26.3. The second-order valence-electron chi connectivity index (χ2n) is 10.0. The summed E-state index contributed by atoms with van der Waals surface area (Å²) in [6, 6.07) is 13.7. The largest absolute Gasteiger partial charge is 0.491 e. The summed E-state index contributed by atoms with van der Waals surface area (Å²) in [5.74, 6) is 0.753. The predicted molar refractivity (Wildman–Crippen MR) is 154 cm³/mol. The van der Waals surface area contributed by atoms with Gasteiger partial charge in [0.15, 0.2) is 10.8 Å². The van der Waals surface area contributed by atoms with E-state index in [0.29, 0.717) is 12.3 Å². The molecule has 0 spiro atoms. The van der Waals surface area contributed by atoms with E-state index < -0.39 is 0 Å². The summed E-state index contributed by atoms with van der Waals surface area (Å²) in [6.45, 7) is 5.96. The fraction of sp³-hybridized carbons (Fsp3) is 0.233. The number of halogens is 1. The Kier molecular flexibility index (Phi) is 6.09. The molecule has 6 aromatic rings. The van der Waals surface area contributed by atoms with Crippen LogP contribution in [0, 0.1) is 12.1 Å². The number of H-pyrrole nitrogens is 2. The lowest BCUT2D eigenvalue weighted by molar-refractivity contribution is 0.237. The highest BCUT2D eigenvalue weighted by Crippen LogP contribution is 2.38. The van der Waals surface area contributed by atoms with Crippen molar-refractivity contribution in [1.29, 1.82) is 0 Å². The van der Waals surface area contributed by atoms with Crippen LogP contribution in [0.1, 0.15) is 18.4 Å². The number of pyridine rings is 2. The lowest BCUT2D eigenvalue weighted by Crippen LogP contribution is -2.25. The SMILES string of the molecule is Cc1ccc(-c2ccc(F)s2)c2cc(-c3[nH]nc4ncc(-c5cncc(OCCN6CCCC6)c5)cc34)[nH]c12. The molecular formula is C30H27FN6OS. The Hall–Kier alpha value is -4.08. The Labute approximate surface area is 228 Å². The van der Waals surface area contributed by atoms with Crippen LogP contribution >= 0.6 is 11.3 Å². The van der Waals surface area contributed by atoms with Gasteiger partial charge in [0.05, 0.1) is 17.6 Å². The Morgan fingerprint density at radius 1 is 1.00 bits per heavy atom. The molecule has 0 aliphatic carbocycles. The van der Waals surface area contributed by atoms with Gasteiger partial charge in [0.2, 0.25) is 0 Å². The van der Waals surface area contributed by atoms with Crippen LogP contribution in [-0.4, -0.2) is 56.3 Å². The monoisotopic (exact) mass is 538 g/mol. The van der Waals surface area contributed by atoms with Crippen LogP contribution in [0.5, 0.6) is 5.75 Å². The Bertz CT molecular complexity index is 1800. The maximum atomic E-state index is 13.8. The number of fused-ring (bicyclic) bond motifs is 2. The van der Waals surface area contributed by atoms with Crippen molar-refractivity contribution in [2.45, 2.75) is 19.8 Å².